The van der Waals surface area contributed by atoms with Gasteiger partial charge in [0.1, 0.15) is 0 Å². The summed E-state index contributed by atoms with van der Waals surface area (Å²) in [5.74, 6) is 1.83. The summed E-state index contributed by atoms with van der Waals surface area (Å²) in [5.41, 5.74) is 0. The van der Waals surface area contributed by atoms with Crippen molar-refractivity contribution < 1.29 is 9.53 Å². The third-order valence-corrected chi connectivity index (χ3v) is 6.05. The van der Waals surface area contributed by atoms with E-state index in [0.29, 0.717) is 12.1 Å². The first-order valence-electron chi connectivity index (χ1n) is 9.66. The molecule has 0 aromatic carbocycles. The fourth-order valence-corrected chi connectivity index (χ4v) is 4.41. The maximum Gasteiger partial charge on any atom is 0.245 e. The van der Waals surface area contributed by atoms with Crippen molar-refractivity contribution in [1.29, 1.82) is 0 Å². The van der Waals surface area contributed by atoms with Crippen LogP contribution in [0.5, 0.6) is 0 Å². The van der Waals surface area contributed by atoms with Gasteiger partial charge in [-0.2, -0.15) is 0 Å². The van der Waals surface area contributed by atoms with E-state index in [9.17, 15) is 4.79 Å². The van der Waals surface area contributed by atoms with Crippen molar-refractivity contribution in [2.75, 3.05) is 13.7 Å². The summed E-state index contributed by atoms with van der Waals surface area (Å²) in [6, 6.07) is 0.422. The normalized spacial score (nSPS) is 31.6. The van der Waals surface area contributed by atoms with Crippen LogP contribution in [0.15, 0.2) is 12.7 Å². The molecule has 0 unspecified atom stereocenters. The minimum atomic E-state index is 0.0678. The Morgan fingerprint density at radius 1 is 1.09 bits per heavy atom. The van der Waals surface area contributed by atoms with Crippen molar-refractivity contribution in [3.05, 3.63) is 12.7 Å². The fourth-order valence-electron chi connectivity index (χ4n) is 4.41. The maximum absolute atomic E-state index is 11.7. The van der Waals surface area contributed by atoms with E-state index in [4.69, 9.17) is 4.74 Å². The largest absolute Gasteiger partial charge is 0.378 e. The van der Waals surface area contributed by atoms with Gasteiger partial charge in [0.05, 0.1) is 6.10 Å². The van der Waals surface area contributed by atoms with Crippen LogP contribution in [0.4, 0.5) is 0 Å². The highest BCUT2D eigenvalue weighted by atomic mass is 16.5. The molecule has 0 radical (unpaired) electrons. The van der Waals surface area contributed by atoms with Gasteiger partial charge in [-0.25, -0.2) is 0 Å². The summed E-state index contributed by atoms with van der Waals surface area (Å²) < 4.78 is 5.99. The van der Waals surface area contributed by atoms with Gasteiger partial charge in [0.2, 0.25) is 5.91 Å². The minimum Gasteiger partial charge on any atom is -0.378 e. The number of likely N-dealkylation sites (N-methyl/N-ethyl adjacent to an activating group) is 1. The smallest absolute Gasteiger partial charge is 0.245 e. The second kappa shape index (κ2) is 9.46. The summed E-state index contributed by atoms with van der Waals surface area (Å²) in [6.07, 6.45) is 14.4. The van der Waals surface area contributed by atoms with Crippen LogP contribution in [0.3, 0.4) is 0 Å². The second-order valence-electron chi connectivity index (χ2n) is 7.48. The lowest BCUT2D eigenvalue weighted by atomic mass is 9.71. The number of ether oxygens (including phenoxy) is 1. The molecule has 2 fully saturated rings. The van der Waals surface area contributed by atoms with Gasteiger partial charge in [0, 0.05) is 19.7 Å². The molecule has 2 aliphatic rings. The first-order chi connectivity index (χ1) is 11.2. The molecule has 0 aromatic heterocycles. The Bertz CT molecular complexity index is 366. The van der Waals surface area contributed by atoms with Crippen LogP contribution in [0.2, 0.25) is 0 Å². The van der Waals surface area contributed by atoms with E-state index >= 15 is 0 Å². The highest BCUT2D eigenvalue weighted by Gasteiger charge is 2.32. The van der Waals surface area contributed by atoms with E-state index < -0.39 is 0 Å². The highest BCUT2D eigenvalue weighted by molar-refractivity contribution is 5.87. The number of unbranched alkanes of at least 4 members (excludes halogenated alkanes) is 1. The van der Waals surface area contributed by atoms with Crippen LogP contribution >= 0.6 is 0 Å². The third-order valence-electron chi connectivity index (χ3n) is 6.05. The van der Waals surface area contributed by atoms with Gasteiger partial charge in [-0.1, -0.05) is 19.9 Å². The van der Waals surface area contributed by atoms with Crippen LogP contribution in [-0.4, -0.2) is 36.6 Å². The zero-order chi connectivity index (χ0) is 16.7. The number of rotatable bonds is 7. The summed E-state index contributed by atoms with van der Waals surface area (Å²) in [5, 5.41) is 0. The summed E-state index contributed by atoms with van der Waals surface area (Å²) in [4.78, 5) is 13.6. The predicted octanol–water partition coefficient (Wildman–Crippen LogP) is 4.57. The average molecular weight is 322 g/mol. The first-order valence-corrected chi connectivity index (χ1v) is 9.66. The first kappa shape index (κ1) is 18.5. The molecule has 0 saturated heterocycles. The molecule has 3 heteroatoms. The van der Waals surface area contributed by atoms with Gasteiger partial charge in [-0.15, -0.1) is 0 Å². The molecule has 23 heavy (non-hydrogen) atoms. The minimum absolute atomic E-state index is 0.0678. The van der Waals surface area contributed by atoms with Crippen LogP contribution in [-0.2, 0) is 9.53 Å². The topological polar surface area (TPSA) is 29.5 Å². The number of hydrogen-bond acceptors (Lipinski definition) is 2. The quantitative estimate of drug-likeness (QED) is 0.508. The Hall–Kier alpha value is -0.830. The van der Waals surface area contributed by atoms with Crippen LogP contribution in [0.25, 0.3) is 0 Å². The molecule has 1 amide bonds. The van der Waals surface area contributed by atoms with Crippen LogP contribution < -0.4 is 0 Å². The van der Waals surface area contributed by atoms with Gasteiger partial charge < -0.3 is 9.64 Å². The zero-order valence-electron chi connectivity index (χ0n) is 15.1. The molecule has 0 heterocycles. The van der Waals surface area contributed by atoms with Crippen molar-refractivity contribution in [1.82, 2.24) is 4.90 Å². The molecular weight excluding hydrogens is 286 g/mol. The molecule has 3 nitrogen and oxygen atoms in total. The molecule has 132 valence electrons. The number of carbonyl (C=O) groups is 1. The van der Waals surface area contributed by atoms with Crippen LogP contribution in [0.1, 0.15) is 71.1 Å². The van der Waals surface area contributed by atoms with E-state index in [-0.39, 0.29) is 5.91 Å². The van der Waals surface area contributed by atoms with Crippen molar-refractivity contribution in [2.24, 2.45) is 11.8 Å². The van der Waals surface area contributed by atoms with Gasteiger partial charge in [0.25, 0.3) is 0 Å². The second-order valence-corrected chi connectivity index (χ2v) is 7.48. The molecule has 2 rings (SSSR count). The van der Waals surface area contributed by atoms with Gasteiger partial charge in [-0.05, 0) is 75.7 Å². The van der Waals surface area contributed by atoms with Crippen molar-refractivity contribution in [3.63, 3.8) is 0 Å². The van der Waals surface area contributed by atoms with E-state index in [1.807, 2.05) is 11.9 Å². The van der Waals surface area contributed by atoms with Crippen molar-refractivity contribution in [2.45, 2.75) is 83.3 Å². The van der Waals surface area contributed by atoms with Crippen molar-refractivity contribution >= 4 is 5.91 Å². The lowest BCUT2D eigenvalue weighted by Gasteiger charge is -2.39. The molecule has 2 saturated carbocycles. The third kappa shape index (κ3) is 5.34. The standard InChI is InChI=1S/C20H35NO2/c1-4-6-15-23-19-13-9-17(10-14-19)16-7-11-18(12-8-16)21(3)20(22)5-2/h5,16-19H,2,4,6-15H2,1,3H3. The molecule has 2 aliphatic carbocycles. The Morgan fingerprint density at radius 2 is 1.65 bits per heavy atom. The highest BCUT2D eigenvalue weighted by Crippen LogP contribution is 2.39. The molecule has 0 aliphatic heterocycles. The summed E-state index contributed by atoms with van der Waals surface area (Å²) in [7, 11) is 1.92. The Morgan fingerprint density at radius 3 is 2.17 bits per heavy atom. The Balaban J connectivity index is 1.68. The number of nitrogens with zero attached hydrogens (tertiary/aromatic N) is 1. The SMILES string of the molecule is C=CC(=O)N(C)C1CCC(C2CCC(OCCCC)CC2)CC1. The Kier molecular flexibility index (Phi) is 7.61. The molecular formula is C20H35NO2. The number of amides is 1. The fraction of sp³-hybridized carbons (Fsp3) is 0.850. The molecule has 0 aromatic rings. The van der Waals surface area contributed by atoms with Crippen molar-refractivity contribution in [3.8, 4) is 0 Å². The average Bonchev–Trinajstić information content (AvgIpc) is 2.61. The van der Waals surface area contributed by atoms with Gasteiger partial charge in [0.15, 0.2) is 0 Å². The maximum atomic E-state index is 11.7. The molecule has 0 N–H and O–H groups in total. The lowest BCUT2D eigenvalue weighted by Crippen LogP contribution is -2.40. The number of carbonyl (C=O) groups excluding carboxylic acids is 1. The van der Waals surface area contributed by atoms with E-state index in [2.05, 4.69) is 13.5 Å². The zero-order valence-corrected chi connectivity index (χ0v) is 15.1. The number of hydrogen-bond donors (Lipinski definition) is 0. The van der Waals surface area contributed by atoms with Gasteiger partial charge in [-0.3, -0.25) is 4.79 Å². The van der Waals surface area contributed by atoms with E-state index in [1.54, 1.807) is 0 Å². The predicted molar refractivity (Wildman–Crippen MR) is 95.3 cm³/mol. The Labute approximate surface area is 142 Å². The monoisotopic (exact) mass is 321 g/mol. The summed E-state index contributed by atoms with van der Waals surface area (Å²) in [6.45, 7) is 6.76. The molecule has 0 spiro atoms. The summed E-state index contributed by atoms with van der Waals surface area (Å²) >= 11 is 0. The molecule has 0 bridgehead atoms. The van der Waals surface area contributed by atoms with E-state index in [1.165, 1.54) is 57.4 Å². The lowest BCUT2D eigenvalue weighted by molar-refractivity contribution is -0.127. The van der Waals surface area contributed by atoms with Crippen LogP contribution in [0, 0.1) is 11.8 Å². The van der Waals surface area contributed by atoms with E-state index in [0.717, 1.165) is 31.3 Å². The molecule has 0 atom stereocenters. The van der Waals surface area contributed by atoms with Gasteiger partial charge >= 0.3 is 0 Å².